The molecule has 1 heterocycles. The predicted octanol–water partition coefficient (Wildman–Crippen LogP) is 2.43. The molecule has 27 heavy (non-hydrogen) atoms. The summed E-state index contributed by atoms with van der Waals surface area (Å²) in [6, 6.07) is 12.0. The number of nitrogens with one attached hydrogen (secondary N) is 1. The van der Waals surface area contributed by atoms with Crippen LogP contribution in [0.1, 0.15) is 5.69 Å². The van der Waals surface area contributed by atoms with E-state index in [-0.39, 0.29) is 16.3 Å². The molecule has 7 nitrogen and oxygen atoms in total. The summed E-state index contributed by atoms with van der Waals surface area (Å²) in [6.07, 6.45) is 0. The lowest BCUT2D eigenvalue weighted by atomic mass is 10.3. The number of anilines is 1. The molecular weight excluding hydrogens is 373 g/mol. The lowest BCUT2D eigenvalue weighted by Gasteiger charge is -2.10. The number of methoxy groups -OCH3 is 1. The Morgan fingerprint density at radius 1 is 1.11 bits per heavy atom. The number of para-hydroxylation sites is 1. The van der Waals surface area contributed by atoms with Crippen LogP contribution in [0, 0.1) is 12.7 Å². The van der Waals surface area contributed by atoms with Crippen LogP contribution in [-0.4, -0.2) is 24.9 Å². The molecule has 0 aliphatic heterocycles. The van der Waals surface area contributed by atoms with E-state index in [1.807, 2.05) is 6.07 Å². The van der Waals surface area contributed by atoms with Gasteiger partial charge in [0.15, 0.2) is 0 Å². The number of aromatic nitrogens is 2. The van der Waals surface area contributed by atoms with Crippen molar-refractivity contribution < 1.29 is 17.5 Å². The highest BCUT2D eigenvalue weighted by atomic mass is 32.2. The van der Waals surface area contributed by atoms with E-state index in [1.165, 1.54) is 17.9 Å². The van der Waals surface area contributed by atoms with E-state index in [1.54, 1.807) is 42.9 Å². The minimum Gasteiger partial charge on any atom is -0.495 e. The van der Waals surface area contributed by atoms with Gasteiger partial charge in [-0.3, -0.25) is 14.2 Å². The van der Waals surface area contributed by atoms with E-state index in [9.17, 15) is 17.6 Å². The van der Waals surface area contributed by atoms with Crippen LogP contribution in [-0.2, 0) is 17.1 Å². The van der Waals surface area contributed by atoms with Gasteiger partial charge in [-0.15, -0.1) is 0 Å². The molecule has 1 aromatic heterocycles. The molecule has 3 rings (SSSR count). The molecule has 0 atom stereocenters. The second-order valence-corrected chi connectivity index (χ2v) is 7.49. The fourth-order valence-electron chi connectivity index (χ4n) is 2.74. The molecule has 0 aliphatic rings. The van der Waals surface area contributed by atoms with Crippen LogP contribution in [0.5, 0.6) is 5.75 Å². The van der Waals surface area contributed by atoms with Gasteiger partial charge in [-0.2, -0.15) is 0 Å². The molecular formula is C18H18FN3O4S. The van der Waals surface area contributed by atoms with Crippen LogP contribution in [0.25, 0.3) is 5.69 Å². The second kappa shape index (κ2) is 6.92. The van der Waals surface area contributed by atoms with Crippen LogP contribution in [0.3, 0.4) is 0 Å². The normalized spacial score (nSPS) is 11.4. The van der Waals surface area contributed by atoms with Crippen LogP contribution in [0.2, 0.25) is 0 Å². The highest BCUT2D eigenvalue weighted by molar-refractivity contribution is 7.92. The molecule has 0 fully saturated rings. The number of sulfonamides is 1. The summed E-state index contributed by atoms with van der Waals surface area (Å²) in [6.45, 7) is 1.61. The minimum atomic E-state index is -4.25. The number of nitrogens with zero attached hydrogens (tertiary/aromatic N) is 2. The van der Waals surface area contributed by atoms with Gasteiger partial charge in [0, 0.05) is 7.05 Å². The first kappa shape index (κ1) is 18.7. The Labute approximate surface area is 155 Å². The number of hydrogen-bond donors (Lipinski definition) is 1. The van der Waals surface area contributed by atoms with Crippen molar-refractivity contribution >= 4 is 15.7 Å². The first-order valence-electron chi connectivity index (χ1n) is 7.96. The van der Waals surface area contributed by atoms with Gasteiger partial charge in [-0.05, 0) is 37.3 Å². The van der Waals surface area contributed by atoms with Gasteiger partial charge >= 0.3 is 0 Å². The highest BCUT2D eigenvalue weighted by Crippen LogP contribution is 2.27. The van der Waals surface area contributed by atoms with Gasteiger partial charge in [-0.1, -0.05) is 18.2 Å². The molecule has 2 aromatic carbocycles. The Balaban J connectivity index is 2.12. The van der Waals surface area contributed by atoms with Crippen molar-refractivity contribution in [1.29, 1.82) is 0 Å². The van der Waals surface area contributed by atoms with Crippen molar-refractivity contribution in [2.75, 3.05) is 11.8 Å². The molecule has 0 bridgehead atoms. The molecule has 0 saturated carbocycles. The van der Waals surface area contributed by atoms with E-state index in [4.69, 9.17) is 4.74 Å². The average Bonchev–Trinajstić information content (AvgIpc) is 2.85. The van der Waals surface area contributed by atoms with Gasteiger partial charge in [-0.25, -0.2) is 17.5 Å². The Hall–Kier alpha value is -3.07. The highest BCUT2D eigenvalue weighted by Gasteiger charge is 2.25. The zero-order valence-electron chi connectivity index (χ0n) is 14.9. The summed E-state index contributed by atoms with van der Waals surface area (Å²) < 4.78 is 49.3. The average molecular weight is 391 g/mol. The lowest BCUT2D eigenvalue weighted by molar-refractivity contribution is 0.401. The Kier molecular flexibility index (Phi) is 4.79. The van der Waals surface area contributed by atoms with Crippen LogP contribution in [0.4, 0.5) is 10.1 Å². The number of halogens is 1. The van der Waals surface area contributed by atoms with Gasteiger partial charge in [0.25, 0.3) is 15.6 Å². The van der Waals surface area contributed by atoms with Crippen molar-refractivity contribution in [2.24, 2.45) is 7.05 Å². The second-order valence-electron chi connectivity index (χ2n) is 5.84. The number of ether oxygens (including phenoxy) is 1. The van der Waals surface area contributed by atoms with Crippen molar-refractivity contribution in [3.8, 4) is 11.4 Å². The third-order valence-corrected chi connectivity index (χ3v) is 5.58. The summed E-state index contributed by atoms with van der Waals surface area (Å²) in [4.78, 5) is 12.5. The van der Waals surface area contributed by atoms with Crippen LogP contribution >= 0.6 is 0 Å². The van der Waals surface area contributed by atoms with Crippen LogP contribution in [0.15, 0.2) is 58.2 Å². The van der Waals surface area contributed by atoms with Crippen molar-refractivity contribution in [2.45, 2.75) is 11.8 Å². The van der Waals surface area contributed by atoms with E-state index >= 15 is 0 Å². The fraction of sp³-hybridized carbons (Fsp3) is 0.167. The van der Waals surface area contributed by atoms with E-state index < -0.39 is 21.4 Å². The molecule has 3 aromatic rings. The summed E-state index contributed by atoms with van der Waals surface area (Å²) in [5.41, 5.74) is 0.331. The number of benzene rings is 2. The zero-order valence-corrected chi connectivity index (χ0v) is 15.7. The van der Waals surface area contributed by atoms with Gasteiger partial charge in [0.2, 0.25) is 0 Å². The Bertz CT molecular complexity index is 1150. The standard InChI is InChI=1S/C18H18FN3O4S/c1-12-17(18(23)22(21(12)2)14-7-5-4-6-8-14)20-27(24,25)16-11-13(19)9-10-15(16)26-3/h4-11,20H,1-3H3. The largest absolute Gasteiger partial charge is 0.495 e. The fourth-order valence-corrected chi connectivity index (χ4v) is 4.03. The maximum atomic E-state index is 13.6. The molecule has 0 amide bonds. The van der Waals surface area contributed by atoms with Crippen molar-refractivity contribution in [3.63, 3.8) is 0 Å². The summed E-state index contributed by atoms with van der Waals surface area (Å²) in [5, 5.41) is 0. The van der Waals surface area contributed by atoms with Crippen molar-refractivity contribution in [3.05, 3.63) is 70.4 Å². The monoisotopic (exact) mass is 391 g/mol. The van der Waals surface area contributed by atoms with E-state index in [2.05, 4.69) is 4.72 Å². The Morgan fingerprint density at radius 2 is 1.78 bits per heavy atom. The number of hydrogen-bond acceptors (Lipinski definition) is 4. The predicted molar refractivity (Wildman–Crippen MR) is 99.5 cm³/mol. The SMILES string of the molecule is COc1ccc(F)cc1S(=O)(=O)Nc1c(C)n(C)n(-c2ccccc2)c1=O. The zero-order chi connectivity index (χ0) is 19.8. The maximum Gasteiger partial charge on any atom is 0.296 e. The maximum absolute atomic E-state index is 13.6. The lowest BCUT2D eigenvalue weighted by Crippen LogP contribution is -2.23. The third-order valence-electron chi connectivity index (χ3n) is 4.21. The summed E-state index contributed by atoms with van der Waals surface area (Å²) >= 11 is 0. The van der Waals surface area contributed by atoms with Gasteiger partial charge in [0.1, 0.15) is 22.1 Å². The number of rotatable bonds is 5. The van der Waals surface area contributed by atoms with E-state index in [0.29, 0.717) is 11.4 Å². The quantitative estimate of drug-likeness (QED) is 0.724. The summed E-state index contributed by atoms with van der Waals surface area (Å²) in [5.74, 6) is -0.761. The first-order valence-corrected chi connectivity index (χ1v) is 9.45. The van der Waals surface area contributed by atoms with Gasteiger partial charge in [0.05, 0.1) is 18.5 Å². The van der Waals surface area contributed by atoms with Crippen LogP contribution < -0.4 is 15.0 Å². The minimum absolute atomic E-state index is 0.0270. The molecule has 0 radical (unpaired) electrons. The third kappa shape index (κ3) is 3.33. The molecule has 1 N–H and O–H groups in total. The summed E-state index contributed by atoms with van der Waals surface area (Å²) in [7, 11) is -1.33. The Morgan fingerprint density at radius 3 is 2.41 bits per heavy atom. The molecule has 0 unspecified atom stereocenters. The van der Waals surface area contributed by atoms with Gasteiger partial charge < -0.3 is 4.74 Å². The van der Waals surface area contributed by atoms with E-state index in [0.717, 1.165) is 12.1 Å². The van der Waals surface area contributed by atoms with Crippen molar-refractivity contribution in [1.82, 2.24) is 9.36 Å². The first-order chi connectivity index (χ1) is 12.8. The molecule has 142 valence electrons. The molecule has 0 saturated heterocycles. The molecule has 0 spiro atoms. The smallest absolute Gasteiger partial charge is 0.296 e. The topological polar surface area (TPSA) is 82.3 Å². The molecule has 0 aliphatic carbocycles. The molecule has 9 heteroatoms.